The van der Waals surface area contributed by atoms with Crippen LogP contribution in [0, 0.1) is 0 Å². The Bertz CT molecular complexity index is 1470. The molecule has 0 aliphatic rings. The minimum Gasteiger partial charge on any atom is -0.756 e. The van der Waals surface area contributed by atoms with Crippen LogP contribution in [0.5, 0.6) is 0 Å². The van der Waals surface area contributed by atoms with Crippen molar-refractivity contribution in [2.45, 2.75) is 392 Å². The van der Waals surface area contributed by atoms with Gasteiger partial charge in [0.15, 0.2) is 0 Å². The second kappa shape index (κ2) is 63.5. The van der Waals surface area contributed by atoms with Gasteiger partial charge in [-0.1, -0.05) is 334 Å². The molecule has 3 unspecified atom stereocenters. The van der Waals surface area contributed by atoms with Crippen LogP contribution in [0.25, 0.3) is 0 Å². The number of allylic oxidation sites excluding steroid dienone is 3. The third-order valence-corrected chi connectivity index (χ3v) is 17.8. The summed E-state index contributed by atoms with van der Waals surface area (Å²) in [5.74, 6) is -0.515. The van der Waals surface area contributed by atoms with E-state index in [4.69, 9.17) is 13.8 Å². The Morgan fingerprint density at radius 1 is 0.410 bits per heavy atom. The maximum Gasteiger partial charge on any atom is 0.306 e. The molecule has 0 heterocycles. The summed E-state index contributed by atoms with van der Waals surface area (Å²) in [4.78, 5) is 40.2. The number of unbranched alkanes of at least 4 members (excludes halogenated alkanes) is 50. The topological polar surface area (TPSA) is 114 Å². The van der Waals surface area contributed by atoms with Gasteiger partial charge in [0, 0.05) is 12.8 Å². The largest absolute Gasteiger partial charge is 0.756 e. The molecule has 0 aliphatic carbocycles. The van der Waals surface area contributed by atoms with Crippen LogP contribution in [0.1, 0.15) is 380 Å². The summed E-state index contributed by atoms with van der Waals surface area (Å²) in [6, 6.07) is -0.883. The van der Waals surface area contributed by atoms with E-state index in [9.17, 15) is 19.0 Å². The smallest absolute Gasteiger partial charge is 0.306 e. The highest BCUT2D eigenvalue weighted by Crippen LogP contribution is 2.38. The molecule has 492 valence electrons. The highest BCUT2D eigenvalue weighted by Gasteiger charge is 2.27. The Labute approximate surface area is 517 Å². The van der Waals surface area contributed by atoms with E-state index in [1.54, 1.807) is 0 Å². The Kier molecular flexibility index (Phi) is 62.4. The van der Waals surface area contributed by atoms with E-state index >= 15 is 0 Å². The number of rotatable bonds is 68. The van der Waals surface area contributed by atoms with Crippen LogP contribution in [-0.4, -0.2) is 69.4 Å². The molecule has 0 bridgehead atoms. The van der Waals surface area contributed by atoms with E-state index in [0.29, 0.717) is 17.4 Å². The number of carbonyl (C=O) groups is 2. The number of phosphoric acid groups is 1. The second-order valence-electron chi connectivity index (χ2n) is 26.5. The van der Waals surface area contributed by atoms with Crippen molar-refractivity contribution in [3.8, 4) is 0 Å². The van der Waals surface area contributed by atoms with Crippen molar-refractivity contribution in [3.05, 3.63) is 24.3 Å². The molecule has 0 aromatic heterocycles. The van der Waals surface area contributed by atoms with Crippen LogP contribution in [0.4, 0.5) is 0 Å². The van der Waals surface area contributed by atoms with Crippen molar-refractivity contribution in [1.82, 2.24) is 5.32 Å². The maximum absolute atomic E-state index is 13.6. The Balaban J connectivity index is 5.02. The molecule has 0 radical (unpaired) electrons. The van der Waals surface area contributed by atoms with Gasteiger partial charge in [0.05, 0.1) is 33.8 Å². The number of phosphoric ester groups is 1. The monoisotopic (exact) mass is 1190 g/mol. The fraction of sp³-hybridized carbons (Fsp3) is 0.918. The molecule has 3 atom stereocenters. The molecule has 0 aliphatic heterocycles. The van der Waals surface area contributed by atoms with Gasteiger partial charge in [0.25, 0.3) is 7.82 Å². The fourth-order valence-corrected chi connectivity index (χ4v) is 12.0. The van der Waals surface area contributed by atoms with Crippen molar-refractivity contribution < 1.29 is 37.3 Å². The van der Waals surface area contributed by atoms with Gasteiger partial charge in [-0.25, -0.2) is 0 Å². The van der Waals surface area contributed by atoms with Crippen LogP contribution in [-0.2, 0) is 27.9 Å². The molecule has 10 heteroatoms. The lowest BCUT2D eigenvalue weighted by atomic mass is 10.0. The number of nitrogens with zero attached hydrogens (tertiary/aromatic N) is 1. The minimum absolute atomic E-state index is 0.0177. The summed E-state index contributed by atoms with van der Waals surface area (Å²) < 4.78 is 30.5. The van der Waals surface area contributed by atoms with E-state index in [-0.39, 0.29) is 31.5 Å². The zero-order valence-corrected chi connectivity index (χ0v) is 57.3. The number of hydrogen-bond acceptors (Lipinski definition) is 7. The molecular weight excluding hydrogens is 1050 g/mol. The van der Waals surface area contributed by atoms with Gasteiger partial charge >= 0.3 is 5.97 Å². The zero-order chi connectivity index (χ0) is 60.7. The Morgan fingerprint density at radius 2 is 0.699 bits per heavy atom. The molecule has 0 spiro atoms. The average molecular weight is 1190 g/mol. The molecule has 0 fully saturated rings. The fourth-order valence-electron chi connectivity index (χ4n) is 11.2. The molecule has 0 saturated heterocycles. The summed E-state index contributed by atoms with van der Waals surface area (Å²) in [5, 5.41) is 3.06. The molecule has 0 rings (SSSR count). The number of esters is 1. The first-order chi connectivity index (χ1) is 40.4. The highest BCUT2D eigenvalue weighted by atomic mass is 31.2. The van der Waals surface area contributed by atoms with Crippen LogP contribution in [0.3, 0.4) is 0 Å². The van der Waals surface area contributed by atoms with Crippen molar-refractivity contribution in [3.63, 3.8) is 0 Å². The number of likely N-dealkylation sites (N-methyl/N-ethyl adjacent to an activating group) is 1. The Hall–Kier alpha value is -1.51. The van der Waals surface area contributed by atoms with Gasteiger partial charge in [0.2, 0.25) is 5.91 Å². The number of ether oxygens (including phenoxy) is 1. The number of hydrogen-bond donors (Lipinski definition) is 1. The second-order valence-corrected chi connectivity index (χ2v) is 27.9. The third-order valence-electron chi connectivity index (χ3n) is 16.9. The summed E-state index contributed by atoms with van der Waals surface area (Å²) >= 11 is 0. The van der Waals surface area contributed by atoms with Crippen LogP contribution in [0.2, 0.25) is 0 Å². The third kappa shape index (κ3) is 64.8. The quantitative estimate of drug-likeness (QED) is 0.0212. The van der Waals surface area contributed by atoms with E-state index in [1.165, 1.54) is 289 Å². The maximum atomic E-state index is 13.6. The first-order valence-electron chi connectivity index (χ1n) is 36.6. The first-order valence-corrected chi connectivity index (χ1v) is 38.1. The van der Waals surface area contributed by atoms with Gasteiger partial charge in [0.1, 0.15) is 19.3 Å². The summed E-state index contributed by atoms with van der Waals surface area (Å²) in [6.07, 6.45) is 77.3. The van der Waals surface area contributed by atoms with E-state index in [2.05, 4.69) is 38.2 Å². The molecule has 9 nitrogen and oxygen atoms in total. The lowest BCUT2D eigenvalue weighted by molar-refractivity contribution is -0.870. The van der Waals surface area contributed by atoms with Gasteiger partial charge in [-0.05, 0) is 57.4 Å². The predicted octanol–water partition coefficient (Wildman–Crippen LogP) is 22.6. The van der Waals surface area contributed by atoms with Gasteiger partial charge in [-0.2, -0.15) is 0 Å². The number of carbonyl (C=O) groups excluding carboxylic acids is 2. The van der Waals surface area contributed by atoms with E-state index < -0.39 is 20.0 Å². The molecule has 83 heavy (non-hydrogen) atoms. The summed E-state index contributed by atoms with van der Waals surface area (Å²) in [6.45, 7) is 6.92. The van der Waals surface area contributed by atoms with Crippen molar-refractivity contribution >= 4 is 19.7 Å². The molecular formula is C73H143N2O7P. The summed E-state index contributed by atoms with van der Waals surface area (Å²) in [7, 11) is 1.21. The van der Waals surface area contributed by atoms with Crippen LogP contribution in [0.15, 0.2) is 24.3 Å². The lowest BCUT2D eigenvalue weighted by Crippen LogP contribution is -2.47. The van der Waals surface area contributed by atoms with Crippen molar-refractivity contribution in [2.75, 3.05) is 40.9 Å². The van der Waals surface area contributed by atoms with Crippen molar-refractivity contribution in [2.24, 2.45) is 0 Å². The first kappa shape index (κ1) is 81.5. The molecule has 1 N–H and O–H groups in total. The van der Waals surface area contributed by atoms with Crippen LogP contribution >= 0.6 is 7.82 Å². The molecule has 0 aromatic carbocycles. The van der Waals surface area contributed by atoms with Gasteiger partial charge < -0.3 is 28.5 Å². The highest BCUT2D eigenvalue weighted by molar-refractivity contribution is 7.45. The summed E-state index contributed by atoms with van der Waals surface area (Å²) in [5.41, 5.74) is 0. The number of nitrogens with one attached hydrogen (secondary N) is 1. The zero-order valence-electron chi connectivity index (χ0n) is 56.4. The minimum atomic E-state index is -4.70. The standard InChI is InChI=1S/C73H143N2O7P/c1-7-10-13-16-19-22-25-28-30-32-34-35-36-37-38-39-41-42-44-47-50-53-56-59-62-65-72(76)74-70(69-81-83(78,79)80-68-67-75(4,5)6)71(64-61-58-55-52-49-46-27-24-21-18-15-12-9-3)82-73(77)66-63-60-57-54-51-48-45-43-40-33-31-29-26-23-20-17-14-11-8-2/h28,30,61,64,70-71H,7-27,29,31-60,62-63,65-69H2,1-6H3,(H-,74,76,78,79)/b30-28+,64-61-. The molecule has 1 amide bonds. The van der Waals surface area contributed by atoms with Gasteiger partial charge in [-0.15, -0.1) is 0 Å². The number of quaternary nitrogens is 1. The van der Waals surface area contributed by atoms with E-state index in [1.807, 2.05) is 33.3 Å². The van der Waals surface area contributed by atoms with Crippen molar-refractivity contribution in [1.29, 1.82) is 0 Å². The molecule has 0 saturated carbocycles. The van der Waals surface area contributed by atoms with Crippen LogP contribution < -0.4 is 10.2 Å². The molecule has 0 aromatic rings. The predicted molar refractivity (Wildman–Crippen MR) is 358 cm³/mol. The number of amides is 1. The van der Waals surface area contributed by atoms with Gasteiger partial charge in [-0.3, -0.25) is 14.2 Å². The van der Waals surface area contributed by atoms with E-state index in [0.717, 1.165) is 57.8 Å². The SMILES string of the molecule is CCCCCCCC/C=C/CCCCCCCCCCCCCCCCCC(=O)NC(COP(=O)([O-])OCC[N+](C)(C)C)C(/C=C\CCCCCCCCCCCCC)OC(=O)CCCCCCCCCCCCCCCCCCCCC. The lowest BCUT2D eigenvalue weighted by Gasteiger charge is -2.30. The average Bonchev–Trinajstić information content (AvgIpc) is 3.46. The Morgan fingerprint density at radius 3 is 1.02 bits per heavy atom. The normalized spacial score (nSPS) is 13.6.